The van der Waals surface area contributed by atoms with Gasteiger partial charge < -0.3 is 15.1 Å². The van der Waals surface area contributed by atoms with Crippen molar-refractivity contribution in [1.29, 1.82) is 0 Å². The number of hydrogen-bond acceptors (Lipinski definition) is 1. The van der Waals surface area contributed by atoms with Gasteiger partial charge in [0.2, 0.25) is 0 Å². The van der Waals surface area contributed by atoms with Crippen molar-refractivity contribution in [3.05, 3.63) is 64.1 Å². The second kappa shape index (κ2) is 7.88. The highest BCUT2D eigenvalue weighted by Crippen LogP contribution is 2.20. The summed E-state index contributed by atoms with van der Waals surface area (Å²) in [6.07, 6.45) is 0. The van der Waals surface area contributed by atoms with E-state index < -0.39 is 0 Å². The van der Waals surface area contributed by atoms with E-state index in [1.54, 1.807) is 12.1 Å². The number of amides is 2. The van der Waals surface area contributed by atoms with Crippen molar-refractivity contribution in [2.45, 2.75) is 6.54 Å². The number of nitrogens with zero attached hydrogens (tertiary/aromatic N) is 1. The molecule has 0 unspecified atom stereocenters. The van der Waals surface area contributed by atoms with Gasteiger partial charge in [0.1, 0.15) is 6.54 Å². The Kier molecular flexibility index (Phi) is 5.61. The summed E-state index contributed by atoms with van der Waals surface area (Å²) < 4.78 is 0. The molecule has 1 aliphatic rings. The minimum Gasteiger partial charge on any atom is -0.328 e. The Balaban J connectivity index is 1.51. The second-order valence-corrected chi connectivity index (χ2v) is 6.80. The van der Waals surface area contributed by atoms with Crippen molar-refractivity contribution in [2.75, 3.05) is 31.5 Å². The first kappa shape index (κ1) is 17.1. The number of anilines is 1. The van der Waals surface area contributed by atoms with E-state index in [4.69, 9.17) is 23.2 Å². The summed E-state index contributed by atoms with van der Waals surface area (Å²) >= 11 is 12.1. The third-order valence-electron chi connectivity index (χ3n) is 4.22. The Labute approximate surface area is 152 Å². The lowest BCUT2D eigenvalue weighted by atomic mass is 10.2. The van der Waals surface area contributed by atoms with Gasteiger partial charge >= 0.3 is 6.03 Å². The van der Waals surface area contributed by atoms with Gasteiger partial charge in [-0.3, -0.25) is 0 Å². The number of hydrogen-bond donors (Lipinski definition) is 2. The molecule has 1 aliphatic heterocycles. The lowest BCUT2D eigenvalue weighted by molar-refractivity contribution is -0.917. The van der Waals surface area contributed by atoms with Crippen LogP contribution in [-0.2, 0) is 6.54 Å². The van der Waals surface area contributed by atoms with Crippen LogP contribution in [0, 0.1) is 0 Å². The predicted octanol–water partition coefficient (Wildman–Crippen LogP) is 2.93. The molecule has 2 aromatic rings. The second-order valence-electron chi connectivity index (χ2n) is 5.95. The van der Waals surface area contributed by atoms with E-state index in [9.17, 15) is 4.79 Å². The zero-order chi connectivity index (χ0) is 16.9. The van der Waals surface area contributed by atoms with Gasteiger partial charge in [-0.25, -0.2) is 4.79 Å². The Morgan fingerprint density at radius 1 is 1.08 bits per heavy atom. The summed E-state index contributed by atoms with van der Waals surface area (Å²) in [4.78, 5) is 15.7. The summed E-state index contributed by atoms with van der Waals surface area (Å²) in [7, 11) is 0. The number of nitrogens with one attached hydrogen (secondary N) is 2. The highest BCUT2D eigenvalue weighted by Gasteiger charge is 2.24. The van der Waals surface area contributed by atoms with Gasteiger partial charge in [0.25, 0.3) is 0 Å². The van der Waals surface area contributed by atoms with E-state index >= 15 is 0 Å². The van der Waals surface area contributed by atoms with Crippen LogP contribution in [0.1, 0.15) is 5.56 Å². The lowest BCUT2D eigenvalue weighted by Gasteiger charge is -2.32. The molecule has 0 bridgehead atoms. The number of carbonyl (C=O) groups is 1. The molecule has 0 aromatic heterocycles. The quantitative estimate of drug-likeness (QED) is 0.862. The van der Waals surface area contributed by atoms with Crippen LogP contribution in [-0.4, -0.2) is 37.1 Å². The minimum absolute atomic E-state index is 0.0927. The van der Waals surface area contributed by atoms with Gasteiger partial charge in [0.05, 0.1) is 36.9 Å². The van der Waals surface area contributed by atoms with E-state index in [0.717, 1.165) is 37.7 Å². The summed E-state index contributed by atoms with van der Waals surface area (Å²) in [5, 5.41) is 4.20. The lowest BCUT2D eigenvalue weighted by Crippen LogP contribution is -3.13. The first-order chi connectivity index (χ1) is 11.6. The third-order valence-corrected chi connectivity index (χ3v) is 4.78. The van der Waals surface area contributed by atoms with E-state index in [1.807, 2.05) is 35.2 Å². The Morgan fingerprint density at radius 2 is 1.83 bits per heavy atom. The summed E-state index contributed by atoms with van der Waals surface area (Å²) in [6.45, 7) is 4.23. The molecular formula is C18H20Cl2N3O+. The highest BCUT2D eigenvalue weighted by molar-refractivity contribution is 6.33. The molecule has 0 radical (unpaired) electrons. The molecule has 1 saturated heterocycles. The number of carbonyl (C=O) groups excluding carboxylic acids is 1. The van der Waals surface area contributed by atoms with Crippen LogP contribution in [0.5, 0.6) is 0 Å². The number of benzene rings is 2. The molecule has 24 heavy (non-hydrogen) atoms. The standard InChI is InChI=1S/C18H19Cl2N3O/c19-15-5-3-4-14(12-15)13-22-8-10-23(11-9-22)18(24)21-17-7-2-1-6-16(17)20/h1-7,12H,8-11,13H2,(H,21,24)/p+1. The first-order valence-electron chi connectivity index (χ1n) is 8.00. The molecule has 0 atom stereocenters. The maximum atomic E-state index is 12.4. The first-order valence-corrected chi connectivity index (χ1v) is 8.76. The van der Waals surface area contributed by atoms with Crippen LogP contribution in [0.3, 0.4) is 0 Å². The molecule has 2 aromatic carbocycles. The molecule has 4 nitrogen and oxygen atoms in total. The average molecular weight is 365 g/mol. The van der Waals surface area contributed by atoms with Crippen LogP contribution in [0.25, 0.3) is 0 Å². The van der Waals surface area contributed by atoms with Crippen LogP contribution < -0.4 is 10.2 Å². The van der Waals surface area contributed by atoms with Crippen LogP contribution in [0.2, 0.25) is 10.0 Å². The SMILES string of the molecule is O=C(Nc1ccccc1Cl)N1CC[NH+](Cc2cccc(Cl)c2)CC1. The molecule has 2 N–H and O–H groups in total. The number of piperazine rings is 1. The number of urea groups is 1. The topological polar surface area (TPSA) is 36.8 Å². The molecule has 0 aliphatic carbocycles. The average Bonchev–Trinajstić information content (AvgIpc) is 2.57. The minimum atomic E-state index is -0.0927. The summed E-state index contributed by atoms with van der Waals surface area (Å²) in [6, 6.07) is 15.1. The zero-order valence-corrected chi connectivity index (χ0v) is 14.8. The van der Waals surface area contributed by atoms with Crippen molar-refractivity contribution in [1.82, 2.24) is 4.90 Å². The molecule has 1 fully saturated rings. The number of quaternary nitrogens is 1. The largest absolute Gasteiger partial charge is 0.328 e. The molecule has 0 saturated carbocycles. The smallest absolute Gasteiger partial charge is 0.322 e. The van der Waals surface area contributed by atoms with Crippen molar-refractivity contribution in [2.24, 2.45) is 0 Å². The highest BCUT2D eigenvalue weighted by atomic mass is 35.5. The van der Waals surface area contributed by atoms with Gasteiger partial charge in [0.15, 0.2) is 0 Å². The maximum Gasteiger partial charge on any atom is 0.322 e. The van der Waals surface area contributed by atoms with Crippen molar-refractivity contribution >= 4 is 34.9 Å². The van der Waals surface area contributed by atoms with Gasteiger partial charge in [0, 0.05) is 10.6 Å². The number of rotatable bonds is 3. The monoisotopic (exact) mass is 364 g/mol. The Morgan fingerprint density at radius 3 is 2.54 bits per heavy atom. The Bertz CT molecular complexity index is 715. The molecule has 3 rings (SSSR count). The van der Waals surface area contributed by atoms with Crippen LogP contribution in [0.15, 0.2) is 48.5 Å². The molecule has 126 valence electrons. The zero-order valence-electron chi connectivity index (χ0n) is 13.3. The van der Waals surface area contributed by atoms with Crippen molar-refractivity contribution in [3.8, 4) is 0 Å². The fourth-order valence-electron chi connectivity index (χ4n) is 2.90. The fourth-order valence-corrected chi connectivity index (χ4v) is 3.29. The normalized spacial score (nSPS) is 15.3. The van der Waals surface area contributed by atoms with E-state index in [0.29, 0.717) is 10.7 Å². The molecule has 0 spiro atoms. The van der Waals surface area contributed by atoms with Crippen LogP contribution in [0.4, 0.5) is 10.5 Å². The van der Waals surface area contributed by atoms with E-state index in [2.05, 4.69) is 11.4 Å². The molecular weight excluding hydrogens is 345 g/mol. The predicted molar refractivity (Wildman–Crippen MR) is 97.9 cm³/mol. The number of halogens is 2. The van der Waals surface area contributed by atoms with E-state index in [-0.39, 0.29) is 6.03 Å². The van der Waals surface area contributed by atoms with Gasteiger partial charge in [-0.1, -0.05) is 47.5 Å². The van der Waals surface area contributed by atoms with Gasteiger partial charge in [-0.05, 0) is 24.3 Å². The molecule has 2 amide bonds. The Hall–Kier alpha value is -1.75. The van der Waals surface area contributed by atoms with Crippen molar-refractivity contribution < 1.29 is 9.69 Å². The molecule has 1 heterocycles. The van der Waals surface area contributed by atoms with Crippen molar-refractivity contribution in [3.63, 3.8) is 0 Å². The summed E-state index contributed by atoms with van der Waals surface area (Å²) in [5.41, 5.74) is 1.88. The molecule has 6 heteroatoms. The number of para-hydroxylation sites is 1. The van der Waals surface area contributed by atoms with Crippen LogP contribution >= 0.6 is 23.2 Å². The third kappa shape index (κ3) is 4.41. The fraction of sp³-hybridized carbons (Fsp3) is 0.278. The maximum absolute atomic E-state index is 12.4. The summed E-state index contributed by atoms with van der Waals surface area (Å²) in [5.74, 6) is 0. The van der Waals surface area contributed by atoms with E-state index in [1.165, 1.54) is 10.5 Å². The van der Waals surface area contributed by atoms with Gasteiger partial charge in [-0.15, -0.1) is 0 Å². The van der Waals surface area contributed by atoms with Gasteiger partial charge in [-0.2, -0.15) is 0 Å².